The normalized spacial score (nSPS) is 12.6. The van der Waals surface area contributed by atoms with Crippen LogP contribution in [0.15, 0.2) is 40.9 Å². The summed E-state index contributed by atoms with van der Waals surface area (Å²) in [7, 11) is 0. The first-order chi connectivity index (χ1) is 8.66. The average molecular weight is 345 g/mol. The van der Waals surface area contributed by atoms with Crippen molar-refractivity contribution in [2.24, 2.45) is 0 Å². The van der Waals surface area contributed by atoms with E-state index in [4.69, 9.17) is 11.6 Å². The van der Waals surface area contributed by atoms with Gasteiger partial charge >= 0.3 is 0 Å². The molecule has 1 nitrogen and oxygen atoms in total. The van der Waals surface area contributed by atoms with Crippen LogP contribution < -0.4 is 5.32 Å². The smallest absolute Gasteiger partial charge is 0.107 e. The Morgan fingerprint density at radius 3 is 2.67 bits per heavy atom. The molecule has 0 aliphatic rings. The summed E-state index contributed by atoms with van der Waals surface area (Å²) in [5.74, 6) is 0.519. The molecular weight excluding hydrogens is 330 g/mol. The lowest BCUT2D eigenvalue weighted by atomic mass is 10.0. The van der Waals surface area contributed by atoms with Gasteiger partial charge in [0.05, 0.1) is 0 Å². The van der Waals surface area contributed by atoms with Gasteiger partial charge in [-0.3, -0.25) is 0 Å². The van der Waals surface area contributed by atoms with Crippen molar-refractivity contribution in [2.75, 3.05) is 6.54 Å². The zero-order chi connectivity index (χ0) is 13.0. The van der Waals surface area contributed by atoms with E-state index in [0.717, 1.165) is 21.9 Å². The van der Waals surface area contributed by atoms with Gasteiger partial charge in [-0.05, 0) is 33.5 Å². The lowest BCUT2D eigenvalue weighted by molar-refractivity contribution is 0.619. The summed E-state index contributed by atoms with van der Waals surface area (Å²) in [4.78, 5) is 1.26. The van der Waals surface area contributed by atoms with E-state index in [1.54, 1.807) is 11.3 Å². The maximum Gasteiger partial charge on any atom is 0.107 e. The van der Waals surface area contributed by atoms with Gasteiger partial charge in [-0.1, -0.05) is 48.9 Å². The molecule has 0 fully saturated rings. The van der Waals surface area contributed by atoms with E-state index in [2.05, 4.69) is 64.6 Å². The highest BCUT2D eigenvalue weighted by Crippen LogP contribution is 2.31. The van der Waals surface area contributed by atoms with E-state index in [1.807, 2.05) is 0 Å². The highest BCUT2D eigenvalue weighted by atomic mass is 79.9. The number of hydrogen-bond acceptors (Lipinski definition) is 2. The molecule has 0 saturated carbocycles. The summed E-state index contributed by atoms with van der Waals surface area (Å²) < 4.78 is 1.81. The predicted molar refractivity (Wildman–Crippen MR) is 83.6 cm³/mol. The van der Waals surface area contributed by atoms with Crippen molar-refractivity contribution in [2.45, 2.75) is 19.4 Å². The first kappa shape index (κ1) is 14.1. The molecule has 4 heteroatoms. The number of hydrogen-bond donors (Lipinski definition) is 1. The van der Waals surface area contributed by atoms with Crippen LogP contribution in [-0.4, -0.2) is 6.54 Å². The third-order valence-electron chi connectivity index (χ3n) is 2.81. The van der Waals surface area contributed by atoms with Crippen LogP contribution in [0.4, 0.5) is 0 Å². The Morgan fingerprint density at radius 1 is 1.33 bits per heavy atom. The number of benzene rings is 1. The van der Waals surface area contributed by atoms with Crippen LogP contribution in [0.3, 0.4) is 0 Å². The Kier molecular flexibility index (Phi) is 5.25. The first-order valence-electron chi connectivity index (χ1n) is 5.86. The average Bonchev–Trinajstić information content (AvgIpc) is 2.69. The Morgan fingerprint density at radius 2 is 2.06 bits per heavy atom. The van der Waals surface area contributed by atoms with Crippen LogP contribution >= 0.6 is 38.9 Å². The van der Waals surface area contributed by atoms with Crippen LogP contribution in [0.2, 0.25) is 4.34 Å². The van der Waals surface area contributed by atoms with Gasteiger partial charge in [0.1, 0.15) is 4.34 Å². The molecule has 1 aromatic heterocycles. The van der Waals surface area contributed by atoms with Crippen molar-refractivity contribution in [3.05, 3.63) is 55.6 Å². The highest BCUT2D eigenvalue weighted by Gasteiger charge is 2.06. The van der Waals surface area contributed by atoms with Crippen molar-refractivity contribution in [1.29, 1.82) is 0 Å². The quantitative estimate of drug-likeness (QED) is 0.799. The van der Waals surface area contributed by atoms with Gasteiger partial charge < -0.3 is 5.32 Å². The molecule has 0 aliphatic heterocycles. The molecule has 1 heterocycles. The minimum atomic E-state index is 0.519. The second-order valence-electron chi connectivity index (χ2n) is 4.28. The zero-order valence-electron chi connectivity index (χ0n) is 10.1. The van der Waals surface area contributed by atoms with Crippen LogP contribution in [-0.2, 0) is 6.54 Å². The van der Waals surface area contributed by atoms with E-state index in [0.29, 0.717) is 5.92 Å². The number of nitrogens with one attached hydrogen (secondary N) is 1. The van der Waals surface area contributed by atoms with Crippen molar-refractivity contribution < 1.29 is 0 Å². The first-order valence-corrected chi connectivity index (χ1v) is 7.85. The largest absolute Gasteiger partial charge is 0.311 e. The molecule has 2 aromatic rings. The van der Waals surface area contributed by atoms with Crippen molar-refractivity contribution in [1.82, 2.24) is 5.32 Å². The topological polar surface area (TPSA) is 12.0 Å². The van der Waals surface area contributed by atoms with Gasteiger partial charge in [-0.2, -0.15) is 0 Å². The molecule has 96 valence electrons. The van der Waals surface area contributed by atoms with Gasteiger partial charge in [-0.15, -0.1) is 11.3 Å². The Labute approximate surface area is 125 Å². The monoisotopic (exact) mass is 343 g/mol. The molecule has 1 N–H and O–H groups in total. The van der Waals surface area contributed by atoms with Gasteiger partial charge in [0.15, 0.2) is 0 Å². The fourth-order valence-corrected chi connectivity index (χ4v) is 3.55. The second kappa shape index (κ2) is 6.71. The van der Waals surface area contributed by atoms with Crippen LogP contribution in [0.25, 0.3) is 0 Å². The molecule has 0 spiro atoms. The maximum atomic E-state index is 6.01. The third-order valence-corrected chi connectivity index (χ3v) is 5.29. The summed E-state index contributed by atoms with van der Waals surface area (Å²) in [5.41, 5.74) is 1.37. The molecule has 1 atom stereocenters. The van der Waals surface area contributed by atoms with Gasteiger partial charge in [-0.25, -0.2) is 0 Å². The van der Waals surface area contributed by atoms with Crippen LogP contribution in [0.5, 0.6) is 0 Å². The third kappa shape index (κ3) is 3.82. The maximum absolute atomic E-state index is 6.01. The molecule has 0 aliphatic carbocycles. The van der Waals surface area contributed by atoms with E-state index >= 15 is 0 Å². The molecule has 0 saturated heterocycles. The Balaban J connectivity index is 1.82. The SMILES string of the molecule is CC(CNCc1cc(Br)c(Cl)s1)c1ccccc1. The van der Waals surface area contributed by atoms with Gasteiger partial charge in [0, 0.05) is 22.4 Å². The standard InChI is InChI=1S/C14H15BrClNS/c1-10(11-5-3-2-4-6-11)8-17-9-12-7-13(15)14(16)18-12/h2-7,10,17H,8-9H2,1H3. The van der Waals surface area contributed by atoms with Crippen molar-refractivity contribution >= 4 is 38.9 Å². The summed E-state index contributed by atoms with van der Waals surface area (Å²) in [6, 6.07) is 12.6. The fraction of sp³-hybridized carbons (Fsp3) is 0.286. The van der Waals surface area contributed by atoms with Gasteiger partial charge in [0.2, 0.25) is 0 Å². The van der Waals surface area contributed by atoms with E-state index in [9.17, 15) is 0 Å². The number of thiophene rings is 1. The lowest BCUT2D eigenvalue weighted by Crippen LogP contribution is -2.19. The summed E-state index contributed by atoms with van der Waals surface area (Å²) in [6.45, 7) is 4.07. The lowest BCUT2D eigenvalue weighted by Gasteiger charge is -2.12. The minimum absolute atomic E-state index is 0.519. The predicted octanol–water partition coefficient (Wildman–Crippen LogP) is 5.06. The summed E-state index contributed by atoms with van der Waals surface area (Å²) >= 11 is 11.1. The molecular formula is C14H15BrClNS. The second-order valence-corrected chi connectivity index (χ2v) is 6.87. The Bertz CT molecular complexity index is 478. The van der Waals surface area contributed by atoms with Crippen LogP contribution in [0.1, 0.15) is 23.3 Å². The zero-order valence-corrected chi connectivity index (χ0v) is 13.3. The molecule has 2 rings (SSSR count). The van der Waals surface area contributed by atoms with E-state index in [-0.39, 0.29) is 0 Å². The highest BCUT2D eigenvalue weighted by molar-refractivity contribution is 9.10. The summed E-state index contributed by atoms with van der Waals surface area (Å²) in [5, 5.41) is 3.47. The Hall–Kier alpha value is -0.350. The molecule has 1 unspecified atom stereocenters. The molecule has 0 bridgehead atoms. The minimum Gasteiger partial charge on any atom is -0.311 e. The number of rotatable bonds is 5. The fourth-order valence-electron chi connectivity index (χ4n) is 1.79. The molecule has 18 heavy (non-hydrogen) atoms. The molecule has 0 radical (unpaired) electrons. The van der Waals surface area contributed by atoms with Crippen LogP contribution in [0, 0.1) is 0 Å². The van der Waals surface area contributed by atoms with E-state index < -0.39 is 0 Å². The number of halogens is 2. The van der Waals surface area contributed by atoms with Gasteiger partial charge in [0.25, 0.3) is 0 Å². The summed E-state index contributed by atoms with van der Waals surface area (Å²) in [6.07, 6.45) is 0. The van der Waals surface area contributed by atoms with Crippen molar-refractivity contribution in [3.8, 4) is 0 Å². The molecule has 1 aromatic carbocycles. The molecule has 0 amide bonds. The van der Waals surface area contributed by atoms with Crippen molar-refractivity contribution in [3.63, 3.8) is 0 Å². The van der Waals surface area contributed by atoms with E-state index in [1.165, 1.54) is 10.4 Å².